The van der Waals surface area contributed by atoms with E-state index in [0.29, 0.717) is 37.6 Å². The molecule has 2 aliphatic heterocycles. The van der Waals surface area contributed by atoms with Crippen LogP contribution in [0.25, 0.3) is 0 Å². The molecule has 2 aliphatic carbocycles. The van der Waals surface area contributed by atoms with Gasteiger partial charge >= 0.3 is 0 Å². The molecule has 4 fully saturated rings. The van der Waals surface area contributed by atoms with Gasteiger partial charge in [-0.2, -0.15) is 0 Å². The van der Waals surface area contributed by atoms with Crippen molar-refractivity contribution < 1.29 is 18.9 Å². The molecular formula is C20H26O4. The van der Waals surface area contributed by atoms with Crippen LogP contribution in [0.2, 0.25) is 0 Å². The van der Waals surface area contributed by atoms with Gasteiger partial charge in [0.2, 0.25) is 0 Å². The van der Waals surface area contributed by atoms with Crippen LogP contribution in [0.15, 0.2) is 24.3 Å². The van der Waals surface area contributed by atoms with Gasteiger partial charge in [-0.3, -0.25) is 0 Å². The Hall–Kier alpha value is -0.940. The molecule has 130 valence electrons. The fourth-order valence-electron chi connectivity index (χ4n) is 4.37. The van der Waals surface area contributed by atoms with Crippen LogP contribution in [0.3, 0.4) is 0 Å². The highest BCUT2D eigenvalue weighted by Crippen LogP contribution is 2.39. The van der Waals surface area contributed by atoms with Gasteiger partial charge < -0.3 is 18.9 Å². The Balaban J connectivity index is 1.13. The van der Waals surface area contributed by atoms with Crippen molar-refractivity contribution in [3.8, 4) is 0 Å². The van der Waals surface area contributed by atoms with Crippen molar-refractivity contribution >= 4 is 0 Å². The van der Waals surface area contributed by atoms with E-state index in [0.717, 1.165) is 12.8 Å². The smallest absolute Gasteiger partial charge is 0.110 e. The molecular weight excluding hydrogens is 304 g/mol. The molecule has 2 saturated heterocycles. The van der Waals surface area contributed by atoms with E-state index in [-0.39, 0.29) is 12.2 Å². The van der Waals surface area contributed by atoms with Crippen LogP contribution < -0.4 is 0 Å². The van der Waals surface area contributed by atoms with Gasteiger partial charge in [0.1, 0.15) is 12.2 Å². The Bertz CT molecular complexity index is 542. The molecule has 2 saturated carbocycles. The lowest BCUT2D eigenvalue weighted by Crippen LogP contribution is -2.25. The SMILES string of the molecule is c1cc(COC2CCCC3OC23)cc(COC2CCCC3OC23)c1. The normalized spacial score (nSPS) is 39.8. The van der Waals surface area contributed by atoms with E-state index in [2.05, 4.69) is 24.3 Å². The van der Waals surface area contributed by atoms with E-state index in [4.69, 9.17) is 18.9 Å². The van der Waals surface area contributed by atoms with Gasteiger partial charge in [0.05, 0.1) is 37.6 Å². The van der Waals surface area contributed by atoms with Crippen LogP contribution in [0.5, 0.6) is 0 Å². The second-order valence-corrected chi connectivity index (χ2v) is 7.66. The third-order valence-electron chi connectivity index (χ3n) is 5.85. The first-order valence-electron chi connectivity index (χ1n) is 9.49. The first-order chi connectivity index (χ1) is 11.9. The number of ether oxygens (including phenoxy) is 4. The van der Waals surface area contributed by atoms with Crippen molar-refractivity contribution in [1.29, 1.82) is 0 Å². The molecule has 0 N–H and O–H groups in total. The number of fused-ring (bicyclic) bond motifs is 2. The molecule has 2 heterocycles. The summed E-state index contributed by atoms with van der Waals surface area (Å²) in [5.41, 5.74) is 2.45. The molecule has 1 aromatic carbocycles. The molecule has 24 heavy (non-hydrogen) atoms. The summed E-state index contributed by atoms with van der Waals surface area (Å²) in [6.07, 6.45) is 9.41. The molecule has 0 aromatic heterocycles. The number of hydrogen-bond donors (Lipinski definition) is 0. The van der Waals surface area contributed by atoms with Crippen LogP contribution in [0, 0.1) is 0 Å². The molecule has 4 aliphatic rings. The maximum Gasteiger partial charge on any atom is 0.110 e. The highest BCUT2D eigenvalue weighted by atomic mass is 16.6. The Kier molecular flexibility index (Phi) is 4.10. The lowest BCUT2D eigenvalue weighted by molar-refractivity contribution is 0.0110. The van der Waals surface area contributed by atoms with Crippen molar-refractivity contribution in [2.24, 2.45) is 0 Å². The zero-order chi connectivity index (χ0) is 15.9. The predicted octanol–water partition coefficient (Wildman–Crippen LogP) is 3.36. The summed E-state index contributed by atoms with van der Waals surface area (Å²) >= 11 is 0. The molecule has 0 amide bonds. The summed E-state index contributed by atoms with van der Waals surface area (Å²) in [5.74, 6) is 0. The predicted molar refractivity (Wildman–Crippen MR) is 88.6 cm³/mol. The van der Waals surface area contributed by atoms with Crippen molar-refractivity contribution in [1.82, 2.24) is 0 Å². The first kappa shape index (κ1) is 15.3. The van der Waals surface area contributed by atoms with E-state index in [9.17, 15) is 0 Å². The van der Waals surface area contributed by atoms with Crippen molar-refractivity contribution in [2.75, 3.05) is 0 Å². The van der Waals surface area contributed by atoms with Gasteiger partial charge in [-0.1, -0.05) is 24.3 Å². The molecule has 4 nitrogen and oxygen atoms in total. The zero-order valence-electron chi connectivity index (χ0n) is 14.1. The average molecular weight is 330 g/mol. The topological polar surface area (TPSA) is 43.5 Å². The minimum absolute atomic E-state index is 0.287. The molecule has 6 unspecified atom stereocenters. The van der Waals surface area contributed by atoms with Gasteiger partial charge in [0.25, 0.3) is 0 Å². The summed E-state index contributed by atoms with van der Waals surface area (Å²) in [4.78, 5) is 0. The Morgan fingerprint density at radius 2 is 1.33 bits per heavy atom. The van der Waals surface area contributed by atoms with Crippen LogP contribution in [-0.2, 0) is 32.2 Å². The quantitative estimate of drug-likeness (QED) is 0.750. The van der Waals surface area contributed by atoms with E-state index in [1.807, 2.05) is 0 Å². The monoisotopic (exact) mass is 330 g/mol. The van der Waals surface area contributed by atoms with E-state index in [1.54, 1.807) is 0 Å². The molecule has 0 radical (unpaired) electrons. The van der Waals surface area contributed by atoms with E-state index < -0.39 is 0 Å². The lowest BCUT2D eigenvalue weighted by Gasteiger charge is -2.20. The highest BCUT2D eigenvalue weighted by Gasteiger charge is 2.48. The van der Waals surface area contributed by atoms with Gasteiger partial charge in [0.15, 0.2) is 0 Å². The first-order valence-corrected chi connectivity index (χ1v) is 9.49. The Morgan fingerprint density at radius 3 is 1.88 bits per heavy atom. The van der Waals surface area contributed by atoms with Gasteiger partial charge in [-0.15, -0.1) is 0 Å². The zero-order valence-corrected chi connectivity index (χ0v) is 14.1. The van der Waals surface area contributed by atoms with Crippen LogP contribution in [-0.4, -0.2) is 36.6 Å². The largest absolute Gasteiger partial charge is 0.371 e. The van der Waals surface area contributed by atoms with Crippen molar-refractivity contribution in [2.45, 2.75) is 88.4 Å². The fraction of sp³-hybridized carbons (Fsp3) is 0.700. The minimum Gasteiger partial charge on any atom is -0.371 e. The minimum atomic E-state index is 0.287. The fourth-order valence-corrected chi connectivity index (χ4v) is 4.37. The van der Waals surface area contributed by atoms with Gasteiger partial charge in [-0.05, 0) is 49.7 Å². The van der Waals surface area contributed by atoms with E-state index in [1.165, 1.54) is 36.8 Å². The molecule has 0 bridgehead atoms. The van der Waals surface area contributed by atoms with Crippen molar-refractivity contribution in [3.63, 3.8) is 0 Å². The van der Waals surface area contributed by atoms with Gasteiger partial charge in [0, 0.05) is 0 Å². The molecule has 5 rings (SSSR count). The summed E-state index contributed by atoms with van der Waals surface area (Å²) in [6.45, 7) is 1.34. The number of rotatable bonds is 6. The molecule has 6 atom stereocenters. The average Bonchev–Trinajstić information content (AvgIpc) is 3.51. The third kappa shape index (κ3) is 3.25. The van der Waals surface area contributed by atoms with Gasteiger partial charge in [-0.25, -0.2) is 0 Å². The van der Waals surface area contributed by atoms with Crippen molar-refractivity contribution in [3.05, 3.63) is 35.4 Å². The highest BCUT2D eigenvalue weighted by molar-refractivity contribution is 5.22. The summed E-state index contributed by atoms with van der Waals surface area (Å²) in [7, 11) is 0. The summed E-state index contributed by atoms with van der Waals surface area (Å²) in [6, 6.07) is 8.59. The Labute approximate surface area is 143 Å². The number of benzene rings is 1. The second-order valence-electron chi connectivity index (χ2n) is 7.66. The summed E-state index contributed by atoms with van der Waals surface area (Å²) in [5, 5.41) is 0. The number of epoxide rings is 2. The summed E-state index contributed by atoms with van der Waals surface area (Å²) < 4.78 is 23.6. The number of hydrogen-bond acceptors (Lipinski definition) is 4. The standard InChI is InChI=1S/C20H26O4/c1-4-13(11-21-15-6-2-8-17-19(15)23-17)10-14(5-1)12-22-16-7-3-9-18-20(16)24-18/h1,4-5,10,15-20H,2-3,6-9,11-12H2. The maximum absolute atomic E-state index is 6.11. The molecule has 4 heteroatoms. The molecule has 1 aromatic rings. The Morgan fingerprint density at radius 1 is 0.792 bits per heavy atom. The van der Waals surface area contributed by atoms with E-state index >= 15 is 0 Å². The second kappa shape index (κ2) is 6.41. The lowest BCUT2D eigenvalue weighted by atomic mass is 9.97. The van der Waals surface area contributed by atoms with Crippen LogP contribution in [0.1, 0.15) is 49.7 Å². The maximum atomic E-state index is 6.11. The van der Waals surface area contributed by atoms with Crippen LogP contribution >= 0.6 is 0 Å². The molecule has 0 spiro atoms. The third-order valence-corrected chi connectivity index (χ3v) is 5.85. The van der Waals surface area contributed by atoms with Crippen LogP contribution in [0.4, 0.5) is 0 Å².